The molecule has 0 aromatic heterocycles. The van der Waals surface area contributed by atoms with Gasteiger partial charge in [0.2, 0.25) is 5.91 Å². The summed E-state index contributed by atoms with van der Waals surface area (Å²) < 4.78 is 44.7. The Bertz CT molecular complexity index is 776. The minimum Gasteiger partial charge on any atom is -0.465 e. The van der Waals surface area contributed by atoms with E-state index in [1.54, 1.807) is 24.3 Å². The van der Waals surface area contributed by atoms with Crippen molar-refractivity contribution in [1.29, 1.82) is 0 Å². The number of esters is 1. The van der Waals surface area contributed by atoms with Gasteiger partial charge in [-0.3, -0.25) is 4.79 Å². The molecule has 0 heterocycles. The average Bonchev–Trinajstić information content (AvgIpc) is 2.60. The van der Waals surface area contributed by atoms with Crippen molar-refractivity contribution in [2.24, 2.45) is 0 Å². The Morgan fingerprint density at radius 1 is 1.04 bits per heavy atom. The van der Waals surface area contributed by atoms with E-state index >= 15 is 0 Å². The highest BCUT2D eigenvalue weighted by atomic mass is 19.4. The number of hydrogen-bond donors (Lipinski definition) is 2. The van der Waals surface area contributed by atoms with Crippen molar-refractivity contribution >= 4 is 23.3 Å². The van der Waals surface area contributed by atoms with Crippen molar-refractivity contribution in [3.05, 3.63) is 54.1 Å². The number of rotatable bonds is 6. The van der Waals surface area contributed by atoms with Crippen molar-refractivity contribution in [2.45, 2.75) is 6.36 Å². The third-order valence-corrected chi connectivity index (χ3v) is 3.14. The molecule has 1 amide bonds. The highest BCUT2D eigenvalue weighted by Gasteiger charge is 2.30. The zero-order valence-corrected chi connectivity index (χ0v) is 13.6. The molecule has 0 radical (unpaired) electrons. The summed E-state index contributed by atoms with van der Waals surface area (Å²) in [4.78, 5) is 23.6. The van der Waals surface area contributed by atoms with Gasteiger partial charge in [-0.25, -0.2) is 4.79 Å². The summed E-state index contributed by atoms with van der Waals surface area (Å²) in [7, 11) is 1.25. The fraction of sp³-hybridized carbons (Fsp3) is 0.176. The molecule has 9 heteroatoms. The van der Waals surface area contributed by atoms with E-state index in [2.05, 4.69) is 20.1 Å². The van der Waals surface area contributed by atoms with Crippen LogP contribution in [-0.4, -0.2) is 31.9 Å². The number of halogens is 3. The van der Waals surface area contributed by atoms with Crippen molar-refractivity contribution in [2.75, 3.05) is 24.3 Å². The number of carbonyl (C=O) groups excluding carboxylic acids is 2. The molecule has 2 N–H and O–H groups in total. The van der Waals surface area contributed by atoms with Crippen LogP contribution in [0.3, 0.4) is 0 Å². The first kappa shape index (κ1) is 19.1. The largest absolute Gasteiger partial charge is 0.573 e. The smallest absolute Gasteiger partial charge is 0.465 e. The molecule has 0 saturated heterocycles. The first-order valence-electron chi connectivity index (χ1n) is 7.35. The summed E-state index contributed by atoms with van der Waals surface area (Å²) in [5.74, 6) is -1.39. The molecule has 0 aliphatic carbocycles. The molecule has 0 bridgehead atoms. The monoisotopic (exact) mass is 368 g/mol. The quantitative estimate of drug-likeness (QED) is 0.764. The highest BCUT2D eigenvalue weighted by molar-refractivity contribution is 5.98. The van der Waals surface area contributed by atoms with Gasteiger partial charge in [0.1, 0.15) is 5.75 Å². The van der Waals surface area contributed by atoms with Crippen LogP contribution in [-0.2, 0) is 9.53 Å². The van der Waals surface area contributed by atoms with Gasteiger partial charge in [-0.05, 0) is 36.4 Å². The lowest BCUT2D eigenvalue weighted by Gasteiger charge is -2.12. The molecule has 0 fully saturated rings. The standard InChI is InChI=1S/C17H15F3N2O4/c1-25-16(24)13-4-2-3-5-14(13)21-10-15(23)22-11-6-8-12(9-7-11)26-17(18,19)20/h2-9,21H,10H2,1H3,(H,22,23). The Hall–Kier alpha value is -3.23. The number of nitrogens with one attached hydrogen (secondary N) is 2. The molecule has 138 valence electrons. The lowest BCUT2D eigenvalue weighted by molar-refractivity contribution is -0.274. The number of benzene rings is 2. The average molecular weight is 368 g/mol. The van der Waals surface area contributed by atoms with Crippen LogP contribution in [0.15, 0.2) is 48.5 Å². The normalized spacial score (nSPS) is 10.8. The van der Waals surface area contributed by atoms with E-state index in [1.165, 1.54) is 19.2 Å². The molecular formula is C17H15F3N2O4. The third-order valence-electron chi connectivity index (χ3n) is 3.14. The maximum absolute atomic E-state index is 12.1. The van der Waals surface area contributed by atoms with Crippen LogP contribution >= 0.6 is 0 Å². The van der Waals surface area contributed by atoms with Crippen molar-refractivity contribution in [3.8, 4) is 5.75 Å². The number of hydrogen-bond acceptors (Lipinski definition) is 5. The molecule has 0 spiro atoms. The molecule has 6 nitrogen and oxygen atoms in total. The highest BCUT2D eigenvalue weighted by Crippen LogP contribution is 2.24. The Morgan fingerprint density at radius 2 is 1.69 bits per heavy atom. The van der Waals surface area contributed by atoms with Crippen molar-refractivity contribution < 1.29 is 32.2 Å². The Morgan fingerprint density at radius 3 is 2.31 bits per heavy atom. The maximum Gasteiger partial charge on any atom is 0.573 e. The molecule has 2 aromatic rings. The number of alkyl halides is 3. The minimum absolute atomic E-state index is 0.158. The van der Waals surface area contributed by atoms with E-state index in [0.29, 0.717) is 11.4 Å². The number of methoxy groups -OCH3 is 1. The van der Waals surface area contributed by atoms with Crippen LogP contribution in [0, 0.1) is 0 Å². The predicted octanol–water partition coefficient (Wildman–Crippen LogP) is 3.42. The molecule has 0 aliphatic rings. The zero-order chi connectivity index (χ0) is 19.2. The van der Waals surface area contributed by atoms with Gasteiger partial charge >= 0.3 is 12.3 Å². The van der Waals surface area contributed by atoms with Crippen LogP contribution in [0.2, 0.25) is 0 Å². The fourth-order valence-corrected chi connectivity index (χ4v) is 2.05. The SMILES string of the molecule is COC(=O)c1ccccc1NCC(=O)Nc1ccc(OC(F)(F)F)cc1. The Balaban J connectivity index is 1.93. The minimum atomic E-state index is -4.78. The van der Waals surface area contributed by atoms with Crippen LogP contribution in [0.4, 0.5) is 24.5 Å². The summed E-state index contributed by atoms with van der Waals surface area (Å²) in [5, 5.41) is 5.32. The van der Waals surface area contributed by atoms with Gasteiger partial charge < -0.3 is 20.1 Å². The van der Waals surface area contributed by atoms with Gasteiger partial charge in [-0.2, -0.15) is 0 Å². The van der Waals surface area contributed by atoms with Gasteiger partial charge in [-0.1, -0.05) is 12.1 Å². The number of ether oxygens (including phenoxy) is 2. The summed E-state index contributed by atoms with van der Waals surface area (Å²) in [6, 6.07) is 11.2. The molecular weight excluding hydrogens is 353 g/mol. The van der Waals surface area contributed by atoms with Crippen molar-refractivity contribution in [1.82, 2.24) is 0 Å². The molecule has 2 aromatic carbocycles. The second-order valence-electron chi connectivity index (χ2n) is 5.01. The van der Waals surface area contributed by atoms with Gasteiger partial charge in [0.05, 0.1) is 19.2 Å². The van der Waals surface area contributed by atoms with Crippen LogP contribution in [0.1, 0.15) is 10.4 Å². The second-order valence-corrected chi connectivity index (χ2v) is 5.01. The van der Waals surface area contributed by atoms with E-state index < -0.39 is 18.2 Å². The second kappa shape index (κ2) is 8.24. The van der Waals surface area contributed by atoms with Crippen molar-refractivity contribution in [3.63, 3.8) is 0 Å². The molecule has 2 rings (SSSR count). The van der Waals surface area contributed by atoms with Crippen LogP contribution in [0.5, 0.6) is 5.75 Å². The lowest BCUT2D eigenvalue weighted by Crippen LogP contribution is -2.22. The first-order valence-corrected chi connectivity index (χ1v) is 7.35. The summed E-state index contributed by atoms with van der Waals surface area (Å²) in [6.07, 6.45) is -4.78. The van der Waals surface area contributed by atoms with Gasteiger partial charge in [0, 0.05) is 11.4 Å². The summed E-state index contributed by atoms with van der Waals surface area (Å²) >= 11 is 0. The van der Waals surface area contributed by atoms with E-state index in [-0.39, 0.29) is 17.9 Å². The molecule has 26 heavy (non-hydrogen) atoms. The summed E-state index contributed by atoms with van der Waals surface area (Å²) in [6.45, 7) is -0.158. The van der Waals surface area contributed by atoms with E-state index in [1.807, 2.05) is 0 Å². The lowest BCUT2D eigenvalue weighted by atomic mass is 10.2. The van der Waals surface area contributed by atoms with Gasteiger partial charge in [0.25, 0.3) is 0 Å². The number of anilines is 2. The molecule has 0 aliphatic heterocycles. The molecule has 0 unspecified atom stereocenters. The molecule has 0 saturated carbocycles. The van der Waals surface area contributed by atoms with Crippen LogP contribution in [0.25, 0.3) is 0 Å². The first-order chi connectivity index (χ1) is 12.3. The number of carbonyl (C=O) groups is 2. The Labute approximate surface area is 146 Å². The van der Waals surface area contributed by atoms with E-state index in [0.717, 1.165) is 12.1 Å². The third kappa shape index (κ3) is 5.69. The number of para-hydroxylation sites is 1. The number of amides is 1. The summed E-state index contributed by atoms with van der Waals surface area (Å²) in [5.41, 5.74) is 0.993. The topological polar surface area (TPSA) is 76.7 Å². The predicted molar refractivity (Wildman–Crippen MR) is 88.0 cm³/mol. The van der Waals surface area contributed by atoms with E-state index in [9.17, 15) is 22.8 Å². The Kier molecular flexibility index (Phi) is 6.05. The maximum atomic E-state index is 12.1. The molecule has 0 atom stereocenters. The van der Waals surface area contributed by atoms with Gasteiger partial charge in [0.15, 0.2) is 0 Å². The van der Waals surface area contributed by atoms with Crippen LogP contribution < -0.4 is 15.4 Å². The van der Waals surface area contributed by atoms with E-state index in [4.69, 9.17) is 0 Å². The zero-order valence-electron chi connectivity index (χ0n) is 13.6. The fourth-order valence-electron chi connectivity index (χ4n) is 2.05. The van der Waals surface area contributed by atoms with Gasteiger partial charge in [-0.15, -0.1) is 13.2 Å².